The van der Waals surface area contributed by atoms with Crippen molar-refractivity contribution in [3.05, 3.63) is 69.3 Å². The summed E-state index contributed by atoms with van der Waals surface area (Å²) < 4.78 is 27.1. The lowest BCUT2D eigenvalue weighted by molar-refractivity contribution is -0.385. The fourth-order valence-corrected chi connectivity index (χ4v) is 3.49. The summed E-state index contributed by atoms with van der Waals surface area (Å²) in [6.45, 7) is 1.39. The highest BCUT2D eigenvalue weighted by Gasteiger charge is 2.19. The molecule has 0 aromatic heterocycles. The van der Waals surface area contributed by atoms with Crippen molar-refractivity contribution in [2.45, 2.75) is 11.8 Å². The van der Waals surface area contributed by atoms with Crippen LogP contribution in [0.25, 0.3) is 0 Å². The average molecular weight is 401 g/mol. The van der Waals surface area contributed by atoms with Crippen molar-refractivity contribution >= 4 is 21.6 Å². The Bertz CT molecular complexity index is 1060. The third-order valence-electron chi connectivity index (χ3n) is 3.79. The molecule has 2 rings (SSSR count). The van der Waals surface area contributed by atoms with Crippen LogP contribution < -0.4 is 4.72 Å². The van der Waals surface area contributed by atoms with Crippen LogP contribution in [0.5, 0.6) is 0 Å². The number of nitro benzene ring substituents is 1. The molecular formula is C19H19N3O5S. The van der Waals surface area contributed by atoms with Crippen LogP contribution in [0, 0.1) is 28.9 Å². The summed E-state index contributed by atoms with van der Waals surface area (Å²) in [6, 6.07) is 10.3. The van der Waals surface area contributed by atoms with E-state index in [1.165, 1.54) is 17.0 Å². The van der Waals surface area contributed by atoms with Gasteiger partial charge in [0.15, 0.2) is 0 Å². The summed E-state index contributed by atoms with van der Waals surface area (Å²) in [5, 5.41) is 10.9. The quantitative estimate of drug-likeness (QED) is 0.468. The van der Waals surface area contributed by atoms with Crippen molar-refractivity contribution in [2.24, 2.45) is 0 Å². The Morgan fingerprint density at radius 2 is 1.82 bits per heavy atom. The van der Waals surface area contributed by atoms with E-state index in [9.17, 15) is 23.3 Å². The summed E-state index contributed by atoms with van der Waals surface area (Å²) in [7, 11) is -0.620. The maximum atomic E-state index is 12.4. The van der Waals surface area contributed by atoms with Gasteiger partial charge in [0, 0.05) is 37.4 Å². The van der Waals surface area contributed by atoms with E-state index in [0.29, 0.717) is 16.7 Å². The minimum atomic E-state index is -3.94. The van der Waals surface area contributed by atoms with E-state index in [4.69, 9.17) is 0 Å². The molecule has 0 aliphatic heterocycles. The third-order valence-corrected chi connectivity index (χ3v) is 5.34. The van der Waals surface area contributed by atoms with Crippen LogP contribution in [0.1, 0.15) is 21.5 Å². The van der Waals surface area contributed by atoms with Crippen molar-refractivity contribution in [3.8, 4) is 11.8 Å². The smallest absolute Gasteiger partial charge is 0.270 e. The standard InChI is InChI=1S/C19H19N3O5S/c1-14-6-11-17(22(24)25)13-18(14)28(26,27)20-12-4-5-15-7-9-16(10-8-15)19(23)21(2)3/h6-11,13,20H,12H2,1-3H3. The van der Waals surface area contributed by atoms with E-state index >= 15 is 0 Å². The highest BCUT2D eigenvalue weighted by Crippen LogP contribution is 2.21. The van der Waals surface area contributed by atoms with Crippen molar-refractivity contribution in [1.82, 2.24) is 9.62 Å². The normalized spacial score (nSPS) is 10.7. The second-order valence-corrected chi connectivity index (χ2v) is 7.85. The fraction of sp³-hybridized carbons (Fsp3) is 0.211. The number of carbonyl (C=O) groups is 1. The molecule has 0 aliphatic carbocycles. The van der Waals surface area contributed by atoms with Gasteiger partial charge in [0.1, 0.15) is 0 Å². The zero-order valence-corrected chi connectivity index (χ0v) is 16.4. The molecule has 1 N–H and O–H groups in total. The molecule has 0 fully saturated rings. The van der Waals surface area contributed by atoms with E-state index < -0.39 is 14.9 Å². The van der Waals surface area contributed by atoms with Gasteiger partial charge in [0.05, 0.1) is 16.4 Å². The Morgan fingerprint density at radius 3 is 2.39 bits per heavy atom. The molecule has 146 valence electrons. The molecule has 0 heterocycles. The molecule has 0 saturated carbocycles. The molecule has 0 atom stereocenters. The molecule has 0 aliphatic rings. The number of nitrogens with zero attached hydrogens (tertiary/aromatic N) is 2. The van der Waals surface area contributed by atoms with Gasteiger partial charge in [-0.3, -0.25) is 14.9 Å². The number of rotatable bonds is 5. The summed E-state index contributed by atoms with van der Waals surface area (Å²) in [5.74, 6) is 5.36. The average Bonchev–Trinajstić information content (AvgIpc) is 2.65. The minimum Gasteiger partial charge on any atom is -0.345 e. The van der Waals surface area contributed by atoms with Crippen molar-refractivity contribution in [3.63, 3.8) is 0 Å². The summed E-state index contributed by atoms with van der Waals surface area (Å²) in [6.07, 6.45) is 0. The summed E-state index contributed by atoms with van der Waals surface area (Å²) >= 11 is 0. The van der Waals surface area contributed by atoms with E-state index in [1.54, 1.807) is 45.3 Å². The van der Waals surface area contributed by atoms with Gasteiger partial charge in [-0.05, 0) is 36.8 Å². The molecule has 28 heavy (non-hydrogen) atoms. The van der Waals surface area contributed by atoms with Gasteiger partial charge in [-0.1, -0.05) is 17.9 Å². The predicted octanol–water partition coefficient (Wildman–Crippen LogP) is 1.94. The Labute approximate surface area is 163 Å². The number of nitrogens with one attached hydrogen (secondary N) is 1. The Hall–Kier alpha value is -3.22. The summed E-state index contributed by atoms with van der Waals surface area (Å²) in [4.78, 5) is 23.3. The second kappa shape index (κ2) is 8.65. The van der Waals surface area contributed by atoms with Crippen LogP contribution in [0.4, 0.5) is 5.69 Å². The number of amides is 1. The molecule has 0 unspecified atom stereocenters. The largest absolute Gasteiger partial charge is 0.345 e. The molecule has 9 heteroatoms. The van der Waals surface area contributed by atoms with Gasteiger partial charge in [0.2, 0.25) is 10.0 Å². The molecule has 0 bridgehead atoms. The molecule has 0 spiro atoms. The molecule has 8 nitrogen and oxygen atoms in total. The van der Waals surface area contributed by atoms with Crippen molar-refractivity contribution in [2.75, 3.05) is 20.6 Å². The molecular weight excluding hydrogens is 382 g/mol. The third kappa shape index (κ3) is 5.16. The lowest BCUT2D eigenvalue weighted by Gasteiger charge is -2.09. The van der Waals surface area contributed by atoms with Gasteiger partial charge >= 0.3 is 0 Å². The lowest BCUT2D eigenvalue weighted by Crippen LogP contribution is -2.24. The number of hydrogen-bond acceptors (Lipinski definition) is 5. The number of benzene rings is 2. The van der Waals surface area contributed by atoms with Crippen LogP contribution in [0.3, 0.4) is 0 Å². The van der Waals surface area contributed by atoms with E-state index in [1.807, 2.05) is 0 Å². The van der Waals surface area contributed by atoms with E-state index in [2.05, 4.69) is 16.6 Å². The first-order chi connectivity index (χ1) is 13.1. The maximum Gasteiger partial charge on any atom is 0.270 e. The highest BCUT2D eigenvalue weighted by atomic mass is 32.2. The molecule has 2 aromatic rings. The first kappa shape index (κ1) is 21.1. The number of hydrogen-bond donors (Lipinski definition) is 1. The van der Waals surface area contributed by atoms with Crippen molar-refractivity contribution < 1.29 is 18.1 Å². The lowest BCUT2D eigenvalue weighted by atomic mass is 10.1. The monoisotopic (exact) mass is 401 g/mol. The van der Waals surface area contributed by atoms with Gasteiger partial charge < -0.3 is 4.90 Å². The fourth-order valence-electron chi connectivity index (χ4n) is 2.30. The van der Waals surface area contributed by atoms with Crippen LogP contribution >= 0.6 is 0 Å². The number of carbonyl (C=O) groups excluding carboxylic acids is 1. The Kier molecular flexibility index (Phi) is 6.51. The van der Waals surface area contributed by atoms with Crippen LogP contribution in [0.15, 0.2) is 47.4 Å². The highest BCUT2D eigenvalue weighted by molar-refractivity contribution is 7.89. The Morgan fingerprint density at radius 1 is 1.18 bits per heavy atom. The number of non-ortho nitro benzene ring substituents is 1. The second-order valence-electron chi connectivity index (χ2n) is 6.11. The van der Waals surface area contributed by atoms with Crippen LogP contribution in [-0.2, 0) is 10.0 Å². The maximum absolute atomic E-state index is 12.4. The van der Waals surface area contributed by atoms with Crippen LogP contribution in [-0.4, -0.2) is 44.8 Å². The topological polar surface area (TPSA) is 110 Å². The first-order valence-corrected chi connectivity index (χ1v) is 9.65. The number of sulfonamides is 1. The number of nitro groups is 1. The predicted molar refractivity (Wildman–Crippen MR) is 104 cm³/mol. The van der Waals surface area contributed by atoms with Crippen LogP contribution in [0.2, 0.25) is 0 Å². The van der Waals surface area contributed by atoms with Gasteiger partial charge in [-0.15, -0.1) is 0 Å². The molecule has 2 aromatic carbocycles. The molecule has 0 saturated heterocycles. The molecule has 0 radical (unpaired) electrons. The van der Waals surface area contributed by atoms with Gasteiger partial charge in [-0.25, -0.2) is 8.42 Å². The minimum absolute atomic E-state index is 0.125. The summed E-state index contributed by atoms with van der Waals surface area (Å²) in [5.41, 5.74) is 1.25. The zero-order valence-electron chi connectivity index (χ0n) is 15.6. The van der Waals surface area contributed by atoms with Gasteiger partial charge in [0.25, 0.3) is 11.6 Å². The van der Waals surface area contributed by atoms with E-state index in [0.717, 1.165) is 6.07 Å². The number of aryl methyl sites for hydroxylation is 1. The van der Waals surface area contributed by atoms with Crippen molar-refractivity contribution in [1.29, 1.82) is 0 Å². The molecule has 1 amide bonds. The zero-order chi connectivity index (χ0) is 20.9. The first-order valence-electron chi connectivity index (χ1n) is 8.17. The SMILES string of the molecule is Cc1ccc([N+](=O)[O-])cc1S(=O)(=O)NCC#Cc1ccc(C(=O)N(C)C)cc1. The van der Waals surface area contributed by atoms with Gasteiger partial charge in [-0.2, -0.15) is 4.72 Å². The van der Waals surface area contributed by atoms with E-state index in [-0.39, 0.29) is 23.0 Å². The Balaban J connectivity index is 2.08.